The van der Waals surface area contributed by atoms with Crippen molar-refractivity contribution in [3.8, 4) is 5.75 Å². The van der Waals surface area contributed by atoms with Gasteiger partial charge in [-0.3, -0.25) is 0 Å². The van der Waals surface area contributed by atoms with Gasteiger partial charge in [-0.1, -0.05) is 12.1 Å². The van der Waals surface area contributed by atoms with Crippen LogP contribution in [0, 0.1) is 0 Å². The molecule has 1 aromatic carbocycles. The van der Waals surface area contributed by atoms with E-state index in [1.165, 1.54) is 0 Å². The molecule has 5 nitrogen and oxygen atoms in total. The van der Waals surface area contributed by atoms with Crippen molar-refractivity contribution in [2.45, 2.75) is 6.42 Å². The Bertz CT molecular complexity index is 791. The van der Waals surface area contributed by atoms with Crippen LogP contribution in [0.1, 0.15) is 21.7 Å². The van der Waals surface area contributed by atoms with Gasteiger partial charge in [0.25, 0.3) is 0 Å². The van der Waals surface area contributed by atoms with Crippen LogP contribution in [-0.2, 0) is 6.42 Å². The third-order valence-electron chi connectivity index (χ3n) is 3.38. The number of aromatic nitrogens is 2. The van der Waals surface area contributed by atoms with Gasteiger partial charge in [-0.25, -0.2) is 9.78 Å². The fourth-order valence-corrected chi connectivity index (χ4v) is 2.25. The summed E-state index contributed by atoms with van der Waals surface area (Å²) in [5.74, 6) is 0.750. The molecule has 0 aliphatic rings. The van der Waals surface area contributed by atoms with Crippen molar-refractivity contribution < 1.29 is 14.6 Å². The number of methoxy groups -OCH3 is 1. The quantitative estimate of drug-likeness (QED) is 0.799. The van der Waals surface area contributed by atoms with Gasteiger partial charge in [0, 0.05) is 12.6 Å². The van der Waals surface area contributed by atoms with Crippen LogP contribution in [0.3, 0.4) is 0 Å². The highest BCUT2D eigenvalue weighted by Crippen LogP contribution is 2.16. The number of nitrogens with zero attached hydrogens (tertiary/aromatic N) is 2. The van der Waals surface area contributed by atoms with Crippen molar-refractivity contribution in [1.29, 1.82) is 0 Å². The standard InChI is InChI=1S/C16H14N2O3/c1-21-14-4-2-11(3-5-14)8-15-17-10-13-9-12(16(19)20)6-7-18(13)15/h2-7,9-10H,8H2,1H3,(H,19,20). The highest BCUT2D eigenvalue weighted by Gasteiger charge is 2.08. The monoisotopic (exact) mass is 282 g/mol. The van der Waals surface area contributed by atoms with Gasteiger partial charge in [0.2, 0.25) is 0 Å². The normalized spacial score (nSPS) is 10.7. The van der Waals surface area contributed by atoms with Crippen LogP contribution in [0.2, 0.25) is 0 Å². The summed E-state index contributed by atoms with van der Waals surface area (Å²) >= 11 is 0. The molecule has 5 heteroatoms. The maximum Gasteiger partial charge on any atom is 0.335 e. The first kappa shape index (κ1) is 13.2. The number of carboxylic acids is 1. The maximum absolute atomic E-state index is 11.0. The molecule has 0 unspecified atom stereocenters. The molecule has 106 valence electrons. The van der Waals surface area contributed by atoms with E-state index in [0.29, 0.717) is 6.42 Å². The highest BCUT2D eigenvalue weighted by atomic mass is 16.5. The summed E-state index contributed by atoms with van der Waals surface area (Å²) in [5, 5.41) is 8.99. The molecule has 0 bridgehead atoms. The van der Waals surface area contributed by atoms with Gasteiger partial charge < -0.3 is 14.2 Å². The van der Waals surface area contributed by atoms with Gasteiger partial charge >= 0.3 is 5.97 Å². The average Bonchev–Trinajstić information content (AvgIpc) is 2.90. The number of fused-ring (bicyclic) bond motifs is 1. The zero-order chi connectivity index (χ0) is 14.8. The molecule has 0 spiro atoms. The minimum Gasteiger partial charge on any atom is -0.497 e. The molecule has 2 aromatic heterocycles. The smallest absolute Gasteiger partial charge is 0.335 e. The molecule has 0 radical (unpaired) electrons. The lowest BCUT2D eigenvalue weighted by molar-refractivity contribution is 0.0697. The minimum atomic E-state index is -0.935. The van der Waals surface area contributed by atoms with E-state index in [9.17, 15) is 4.79 Å². The van der Waals surface area contributed by atoms with Crippen molar-refractivity contribution in [3.63, 3.8) is 0 Å². The topological polar surface area (TPSA) is 63.8 Å². The SMILES string of the molecule is COc1ccc(Cc2ncc3cc(C(=O)O)ccn23)cc1. The lowest BCUT2D eigenvalue weighted by atomic mass is 10.1. The number of rotatable bonds is 4. The van der Waals surface area contributed by atoms with Crippen LogP contribution in [0.4, 0.5) is 0 Å². The predicted octanol–water partition coefficient (Wildman–Crippen LogP) is 2.63. The number of benzene rings is 1. The van der Waals surface area contributed by atoms with Crippen molar-refractivity contribution >= 4 is 11.5 Å². The lowest BCUT2D eigenvalue weighted by Crippen LogP contribution is -2.00. The van der Waals surface area contributed by atoms with Gasteiger partial charge in [0.05, 0.1) is 24.4 Å². The van der Waals surface area contributed by atoms with E-state index in [0.717, 1.165) is 22.7 Å². The number of hydrogen-bond donors (Lipinski definition) is 1. The fraction of sp³-hybridized carbons (Fsp3) is 0.125. The Morgan fingerprint density at radius 1 is 1.29 bits per heavy atom. The number of carboxylic acid groups (broad SMARTS) is 1. The molecule has 3 rings (SSSR count). The van der Waals surface area contributed by atoms with E-state index >= 15 is 0 Å². The lowest BCUT2D eigenvalue weighted by Gasteiger charge is -2.04. The van der Waals surface area contributed by atoms with Gasteiger partial charge in [-0.05, 0) is 29.8 Å². The van der Waals surface area contributed by atoms with E-state index in [1.54, 1.807) is 31.6 Å². The zero-order valence-electron chi connectivity index (χ0n) is 11.5. The van der Waals surface area contributed by atoms with E-state index in [-0.39, 0.29) is 5.56 Å². The second kappa shape index (κ2) is 5.28. The number of ether oxygens (including phenoxy) is 1. The molecule has 0 amide bonds. The maximum atomic E-state index is 11.0. The highest BCUT2D eigenvalue weighted by molar-refractivity contribution is 5.88. The van der Waals surface area contributed by atoms with Crippen LogP contribution in [0.5, 0.6) is 5.75 Å². The Morgan fingerprint density at radius 3 is 2.71 bits per heavy atom. The van der Waals surface area contributed by atoms with E-state index in [4.69, 9.17) is 9.84 Å². The van der Waals surface area contributed by atoms with Gasteiger partial charge in [-0.15, -0.1) is 0 Å². The van der Waals surface area contributed by atoms with Crippen LogP contribution >= 0.6 is 0 Å². The summed E-state index contributed by atoms with van der Waals surface area (Å²) in [6.45, 7) is 0. The Hall–Kier alpha value is -2.82. The summed E-state index contributed by atoms with van der Waals surface area (Å²) in [7, 11) is 1.64. The number of carbonyl (C=O) groups is 1. The molecule has 21 heavy (non-hydrogen) atoms. The number of imidazole rings is 1. The molecule has 3 aromatic rings. The van der Waals surface area contributed by atoms with Crippen molar-refractivity contribution in [2.75, 3.05) is 7.11 Å². The fourth-order valence-electron chi connectivity index (χ4n) is 2.25. The van der Waals surface area contributed by atoms with Crippen LogP contribution in [0.25, 0.3) is 5.52 Å². The van der Waals surface area contributed by atoms with Gasteiger partial charge in [0.15, 0.2) is 0 Å². The molecule has 0 fully saturated rings. The van der Waals surface area contributed by atoms with E-state index < -0.39 is 5.97 Å². The number of pyridine rings is 1. The molecule has 1 N–H and O–H groups in total. The molecule has 0 aliphatic carbocycles. The number of aromatic carboxylic acids is 1. The molecule has 2 heterocycles. The second-order valence-corrected chi connectivity index (χ2v) is 4.71. The predicted molar refractivity (Wildman–Crippen MR) is 78.0 cm³/mol. The Labute approximate surface area is 121 Å². The third kappa shape index (κ3) is 2.58. The largest absolute Gasteiger partial charge is 0.497 e. The average molecular weight is 282 g/mol. The molecular weight excluding hydrogens is 268 g/mol. The van der Waals surface area contributed by atoms with E-state index in [2.05, 4.69) is 4.98 Å². The molecule has 0 saturated carbocycles. The summed E-state index contributed by atoms with van der Waals surface area (Å²) in [4.78, 5) is 15.3. The molecule has 0 saturated heterocycles. The van der Waals surface area contributed by atoms with Crippen LogP contribution in [-0.4, -0.2) is 27.6 Å². The minimum absolute atomic E-state index is 0.262. The van der Waals surface area contributed by atoms with Gasteiger partial charge in [0.1, 0.15) is 11.6 Å². The van der Waals surface area contributed by atoms with Gasteiger partial charge in [-0.2, -0.15) is 0 Å². The van der Waals surface area contributed by atoms with E-state index in [1.807, 2.05) is 28.7 Å². The summed E-state index contributed by atoms with van der Waals surface area (Å²) in [5.41, 5.74) is 2.16. The summed E-state index contributed by atoms with van der Waals surface area (Å²) < 4.78 is 7.03. The van der Waals surface area contributed by atoms with Crippen molar-refractivity contribution in [2.24, 2.45) is 0 Å². The van der Waals surface area contributed by atoms with Crippen molar-refractivity contribution in [1.82, 2.24) is 9.38 Å². The first-order valence-corrected chi connectivity index (χ1v) is 6.49. The summed E-state index contributed by atoms with van der Waals surface area (Å²) in [6, 6.07) is 11.0. The first-order chi connectivity index (χ1) is 10.2. The van der Waals surface area contributed by atoms with Crippen LogP contribution in [0.15, 0.2) is 48.8 Å². The Kier molecular flexibility index (Phi) is 3.31. The zero-order valence-corrected chi connectivity index (χ0v) is 11.5. The second-order valence-electron chi connectivity index (χ2n) is 4.71. The number of hydrogen-bond acceptors (Lipinski definition) is 3. The third-order valence-corrected chi connectivity index (χ3v) is 3.38. The molecular formula is C16H14N2O3. The molecule has 0 atom stereocenters. The van der Waals surface area contributed by atoms with Crippen LogP contribution < -0.4 is 4.74 Å². The van der Waals surface area contributed by atoms with Crippen molar-refractivity contribution in [3.05, 3.63) is 65.7 Å². The first-order valence-electron chi connectivity index (χ1n) is 6.49. The Morgan fingerprint density at radius 2 is 2.05 bits per heavy atom. The Balaban J connectivity index is 1.91. The summed E-state index contributed by atoms with van der Waals surface area (Å²) in [6.07, 6.45) is 4.10. The molecule has 0 aliphatic heterocycles.